The fraction of sp³-hybridized carbons (Fsp3) is 0.318. The summed E-state index contributed by atoms with van der Waals surface area (Å²) in [6.45, 7) is 11.0. The van der Waals surface area contributed by atoms with E-state index in [4.69, 9.17) is 0 Å². The van der Waals surface area contributed by atoms with Crippen LogP contribution in [0.3, 0.4) is 0 Å². The first-order valence-corrected chi connectivity index (χ1v) is 9.67. The van der Waals surface area contributed by atoms with Crippen LogP contribution in [-0.2, 0) is 0 Å². The van der Waals surface area contributed by atoms with Gasteiger partial charge in [0.15, 0.2) is 11.4 Å². The first-order valence-electron chi connectivity index (χ1n) is 9.67. The number of anilines is 2. The lowest BCUT2D eigenvalue weighted by atomic mass is 10.1. The minimum atomic E-state index is -0.443. The van der Waals surface area contributed by atoms with Crippen molar-refractivity contribution < 1.29 is 9.59 Å². The van der Waals surface area contributed by atoms with E-state index in [9.17, 15) is 9.59 Å². The van der Waals surface area contributed by atoms with E-state index >= 15 is 0 Å². The Labute approximate surface area is 170 Å². The average Bonchev–Trinajstić information content (AvgIpc) is 2.68. The van der Waals surface area contributed by atoms with Gasteiger partial charge in [-0.25, -0.2) is 15.0 Å². The van der Waals surface area contributed by atoms with Gasteiger partial charge in [0.05, 0.1) is 5.39 Å². The fourth-order valence-electron chi connectivity index (χ4n) is 3.31. The second-order valence-electron chi connectivity index (χ2n) is 6.91. The van der Waals surface area contributed by atoms with Gasteiger partial charge in [-0.2, -0.15) is 0 Å². The van der Waals surface area contributed by atoms with E-state index in [0.29, 0.717) is 22.7 Å². The lowest BCUT2D eigenvalue weighted by Crippen LogP contribution is -2.26. The van der Waals surface area contributed by atoms with E-state index in [2.05, 4.69) is 25.2 Å². The molecule has 0 radical (unpaired) electrons. The lowest BCUT2D eigenvalue weighted by Gasteiger charge is -2.22. The zero-order valence-electron chi connectivity index (χ0n) is 17.4. The van der Waals surface area contributed by atoms with E-state index in [1.165, 1.54) is 6.92 Å². The smallest absolute Gasteiger partial charge is 0.293 e. The molecule has 0 fully saturated rings. The number of nitrogens with zero attached hydrogens (tertiary/aromatic N) is 4. The molecule has 7 nitrogen and oxygen atoms in total. The van der Waals surface area contributed by atoms with Crippen molar-refractivity contribution >= 4 is 34.2 Å². The van der Waals surface area contributed by atoms with Gasteiger partial charge in [0, 0.05) is 30.0 Å². The number of aromatic nitrogens is 3. The number of fused-ring (bicyclic) bond motifs is 1. The van der Waals surface area contributed by atoms with Gasteiger partial charge in [0.25, 0.3) is 5.91 Å². The second-order valence-corrected chi connectivity index (χ2v) is 6.91. The Balaban J connectivity index is 2.08. The summed E-state index contributed by atoms with van der Waals surface area (Å²) in [7, 11) is 0. The highest BCUT2D eigenvalue weighted by molar-refractivity contribution is 6.04. The first kappa shape index (κ1) is 20.4. The summed E-state index contributed by atoms with van der Waals surface area (Å²) in [4.78, 5) is 40.1. The van der Waals surface area contributed by atoms with Crippen LogP contribution in [0.2, 0.25) is 0 Å². The van der Waals surface area contributed by atoms with Crippen molar-refractivity contribution in [3.8, 4) is 0 Å². The number of aryl methyl sites for hydroxylation is 2. The molecule has 0 saturated heterocycles. The minimum absolute atomic E-state index is 0.0464. The normalized spacial score (nSPS) is 10.8. The summed E-state index contributed by atoms with van der Waals surface area (Å²) in [5.41, 5.74) is 3.40. The van der Waals surface area contributed by atoms with Gasteiger partial charge < -0.3 is 10.2 Å². The minimum Gasteiger partial charge on any atom is -0.356 e. The standard InChI is InChI=1S/C22H25N5O2/c1-6-27(7-2)21-18-13(3)11-14(4)23-19(18)25-20(26-21)22(29)24-17-10-8-9-16(12-17)15(5)28/h8-12H,6-7H2,1-5H3,(H,24,29). The number of rotatable bonds is 6. The van der Waals surface area contributed by atoms with E-state index < -0.39 is 5.91 Å². The molecule has 1 amide bonds. The van der Waals surface area contributed by atoms with Crippen LogP contribution in [0.25, 0.3) is 11.0 Å². The lowest BCUT2D eigenvalue weighted by molar-refractivity contribution is 0.100. The molecule has 0 bridgehead atoms. The number of carbonyl (C=O) groups excluding carboxylic acids is 2. The number of carbonyl (C=O) groups is 2. The van der Waals surface area contributed by atoms with Crippen LogP contribution >= 0.6 is 0 Å². The largest absolute Gasteiger partial charge is 0.356 e. The van der Waals surface area contributed by atoms with Crippen LogP contribution in [-0.4, -0.2) is 39.7 Å². The summed E-state index contributed by atoms with van der Waals surface area (Å²) < 4.78 is 0. The number of benzene rings is 1. The Morgan fingerprint density at radius 3 is 2.41 bits per heavy atom. The SMILES string of the molecule is CCN(CC)c1nc(C(=O)Nc2cccc(C(C)=O)c2)nc2nc(C)cc(C)c12. The number of hydrogen-bond donors (Lipinski definition) is 1. The van der Waals surface area contributed by atoms with E-state index in [1.807, 2.05) is 33.8 Å². The molecular formula is C22H25N5O2. The van der Waals surface area contributed by atoms with E-state index in [1.54, 1.807) is 24.3 Å². The van der Waals surface area contributed by atoms with Crippen LogP contribution in [0, 0.1) is 13.8 Å². The molecule has 0 spiro atoms. The second kappa shape index (κ2) is 8.34. The third-order valence-corrected chi connectivity index (χ3v) is 4.77. The van der Waals surface area contributed by atoms with Gasteiger partial charge in [-0.1, -0.05) is 12.1 Å². The predicted molar refractivity (Wildman–Crippen MR) is 115 cm³/mol. The average molecular weight is 391 g/mol. The number of Topliss-reactive ketones (excluding diaryl/α,β-unsaturated/α-hetero) is 1. The van der Waals surface area contributed by atoms with E-state index in [-0.39, 0.29) is 11.6 Å². The third kappa shape index (κ3) is 4.23. The number of pyridine rings is 1. The van der Waals surface area contributed by atoms with Crippen LogP contribution in [0.5, 0.6) is 0 Å². The number of hydrogen-bond acceptors (Lipinski definition) is 6. The molecule has 1 aromatic carbocycles. The molecule has 0 unspecified atom stereocenters. The molecule has 29 heavy (non-hydrogen) atoms. The molecule has 0 aliphatic heterocycles. The Hall–Kier alpha value is -3.35. The summed E-state index contributed by atoms with van der Waals surface area (Å²) in [5.74, 6) is 0.238. The van der Waals surface area contributed by atoms with Gasteiger partial charge in [0.1, 0.15) is 5.82 Å². The summed E-state index contributed by atoms with van der Waals surface area (Å²) in [6.07, 6.45) is 0. The molecule has 0 aliphatic rings. The molecule has 150 valence electrons. The Morgan fingerprint density at radius 2 is 1.76 bits per heavy atom. The molecule has 1 N–H and O–H groups in total. The van der Waals surface area contributed by atoms with Gasteiger partial charge in [0.2, 0.25) is 5.82 Å². The van der Waals surface area contributed by atoms with E-state index in [0.717, 1.165) is 29.7 Å². The fourth-order valence-corrected chi connectivity index (χ4v) is 3.31. The first-order chi connectivity index (χ1) is 13.8. The number of amides is 1. The maximum Gasteiger partial charge on any atom is 0.293 e. The Bertz CT molecular complexity index is 1090. The molecule has 2 heterocycles. The molecule has 0 aliphatic carbocycles. The van der Waals surface area contributed by atoms with Crippen LogP contribution in [0.15, 0.2) is 30.3 Å². The van der Waals surface area contributed by atoms with Crippen molar-refractivity contribution in [3.05, 3.63) is 53.0 Å². The summed E-state index contributed by atoms with van der Waals surface area (Å²) >= 11 is 0. The molecule has 2 aromatic heterocycles. The van der Waals surface area contributed by atoms with Gasteiger partial charge >= 0.3 is 0 Å². The maximum atomic E-state index is 12.9. The summed E-state index contributed by atoms with van der Waals surface area (Å²) in [5, 5.41) is 3.64. The Kier molecular flexibility index (Phi) is 5.87. The summed E-state index contributed by atoms with van der Waals surface area (Å²) in [6, 6.07) is 8.79. The van der Waals surface area contributed by atoms with Crippen molar-refractivity contribution in [3.63, 3.8) is 0 Å². The van der Waals surface area contributed by atoms with Crippen molar-refractivity contribution in [2.24, 2.45) is 0 Å². The highest BCUT2D eigenvalue weighted by atomic mass is 16.2. The zero-order chi connectivity index (χ0) is 21.1. The highest BCUT2D eigenvalue weighted by Crippen LogP contribution is 2.27. The molecule has 3 rings (SSSR count). The van der Waals surface area contributed by atoms with Gasteiger partial charge in [-0.3, -0.25) is 9.59 Å². The topological polar surface area (TPSA) is 88.1 Å². The zero-order valence-corrected chi connectivity index (χ0v) is 17.4. The highest BCUT2D eigenvalue weighted by Gasteiger charge is 2.19. The number of nitrogens with one attached hydrogen (secondary N) is 1. The molecule has 0 saturated carbocycles. The predicted octanol–water partition coefficient (Wildman–Crippen LogP) is 3.94. The van der Waals surface area contributed by atoms with Crippen molar-refractivity contribution in [1.29, 1.82) is 0 Å². The quantitative estimate of drug-likeness (QED) is 0.640. The van der Waals surface area contributed by atoms with Crippen molar-refractivity contribution in [1.82, 2.24) is 15.0 Å². The molecular weight excluding hydrogens is 366 g/mol. The molecule has 0 atom stereocenters. The van der Waals surface area contributed by atoms with Crippen molar-refractivity contribution in [2.75, 3.05) is 23.3 Å². The Morgan fingerprint density at radius 1 is 1.03 bits per heavy atom. The molecule has 3 aromatic rings. The van der Waals surface area contributed by atoms with Crippen LogP contribution in [0.4, 0.5) is 11.5 Å². The van der Waals surface area contributed by atoms with Gasteiger partial charge in [-0.05, 0) is 58.4 Å². The third-order valence-electron chi connectivity index (χ3n) is 4.77. The van der Waals surface area contributed by atoms with Crippen LogP contribution < -0.4 is 10.2 Å². The molecule has 7 heteroatoms. The monoisotopic (exact) mass is 391 g/mol. The maximum absolute atomic E-state index is 12.9. The van der Waals surface area contributed by atoms with Gasteiger partial charge in [-0.15, -0.1) is 0 Å². The van der Waals surface area contributed by atoms with Crippen LogP contribution in [0.1, 0.15) is 53.0 Å². The van der Waals surface area contributed by atoms with Crippen molar-refractivity contribution in [2.45, 2.75) is 34.6 Å². The number of ketones is 1.